The molecule has 2 aromatic rings. The minimum absolute atomic E-state index is 0.0162. The molecule has 0 saturated heterocycles. The number of nitrogens with one attached hydrogen (secondary N) is 1. The number of nitrogens with zero attached hydrogens (tertiary/aromatic N) is 2. The molecule has 0 spiro atoms. The zero-order valence-electron chi connectivity index (χ0n) is 16.9. The molecule has 1 N–H and O–H groups in total. The average Bonchev–Trinajstić information content (AvgIpc) is 3.13. The molecule has 1 atom stereocenters. The molecule has 0 radical (unpaired) electrons. The number of rotatable bonds is 7. The van der Waals surface area contributed by atoms with Gasteiger partial charge < -0.3 is 10.2 Å². The molecule has 0 aromatic heterocycles. The maximum absolute atomic E-state index is 12.5. The highest BCUT2D eigenvalue weighted by molar-refractivity contribution is 5.96. The first-order valence-electron chi connectivity index (χ1n) is 10.0. The lowest BCUT2D eigenvalue weighted by Crippen LogP contribution is -2.32. The number of benzene rings is 2. The van der Waals surface area contributed by atoms with Crippen molar-refractivity contribution in [2.75, 3.05) is 32.0 Å². The Hall–Kier alpha value is -2.66. The molecule has 5 nitrogen and oxygen atoms in total. The smallest absolute Gasteiger partial charge is 0.253 e. The van der Waals surface area contributed by atoms with Crippen LogP contribution < -0.4 is 5.32 Å². The molecule has 2 amide bonds. The summed E-state index contributed by atoms with van der Waals surface area (Å²) in [5.41, 5.74) is 4.06. The Kier molecular flexibility index (Phi) is 6.47. The number of hydrogen-bond donors (Lipinski definition) is 1. The average molecular weight is 380 g/mol. The topological polar surface area (TPSA) is 52.7 Å². The Bertz CT molecular complexity index is 828. The number of amides is 2. The van der Waals surface area contributed by atoms with E-state index in [9.17, 15) is 9.59 Å². The van der Waals surface area contributed by atoms with Gasteiger partial charge >= 0.3 is 0 Å². The fourth-order valence-corrected chi connectivity index (χ4v) is 3.92. The summed E-state index contributed by atoms with van der Waals surface area (Å²) in [6.45, 7) is 5.64. The summed E-state index contributed by atoms with van der Waals surface area (Å²) in [6, 6.07) is 15.9. The third-order valence-corrected chi connectivity index (χ3v) is 5.49. The van der Waals surface area contributed by atoms with E-state index in [4.69, 9.17) is 0 Å². The van der Waals surface area contributed by atoms with E-state index in [1.807, 2.05) is 20.9 Å². The van der Waals surface area contributed by atoms with Gasteiger partial charge in [-0.1, -0.05) is 24.3 Å². The minimum Gasteiger partial charge on any atom is -0.339 e. The van der Waals surface area contributed by atoms with Crippen molar-refractivity contribution in [1.82, 2.24) is 9.80 Å². The number of carbonyl (C=O) groups excluding carboxylic acids is 2. The van der Waals surface area contributed by atoms with E-state index < -0.39 is 0 Å². The Balaban J connectivity index is 1.57. The van der Waals surface area contributed by atoms with Crippen molar-refractivity contribution in [3.8, 4) is 0 Å². The quantitative estimate of drug-likeness (QED) is 0.798. The molecule has 0 unspecified atom stereocenters. The van der Waals surface area contributed by atoms with E-state index in [-0.39, 0.29) is 17.9 Å². The maximum Gasteiger partial charge on any atom is 0.253 e. The number of likely N-dealkylation sites (N-methyl/N-ethyl adjacent to an activating group) is 1. The van der Waals surface area contributed by atoms with Gasteiger partial charge in [0.05, 0.1) is 6.54 Å². The largest absolute Gasteiger partial charge is 0.339 e. The summed E-state index contributed by atoms with van der Waals surface area (Å²) >= 11 is 0. The van der Waals surface area contributed by atoms with E-state index in [2.05, 4.69) is 34.5 Å². The summed E-state index contributed by atoms with van der Waals surface area (Å²) in [5, 5.41) is 2.94. The Labute approximate surface area is 167 Å². The van der Waals surface area contributed by atoms with Crippen LogP contribution in [0.25, 0.3) is 0 Å². The first kappa shape index (κ1) is 20.1. The molecule has 5 heteroatoms. The standard InChI is InChI=1S/C23H29N3O2/c1-4-26(5-2)23(28)18-10-13-19(14-11-18)24-22(27)16-25(3)21-15-12-17-8-6-7-9-20(17)21/h6-11,13-14,21H,4-5,12,15-16H2,1-3H3,(H,24,27)/t21-/m0/s1. The third kappa shape index (κ3) is 4.42. The molecule has 1 aliphatic rings. The van der Waals surface area contributed by atoms with Gasteiger partial charge in [0, 0.05) is 30.4 Å². The molecule has 0 heterocycles. The highest BCUT2D eigenvalue weighted by Crippen LogP contribution is 2.34. The molecule has 2 aromatic carbocycles. The third-order valence-electron chi connectivity index (χ3n) is 5.49. The second-order valence-corrected chi connectivity index (χ2v) is 7.27. The number of fused-ring (bicyclic) bond motifs is 1. The molecule has 0 fully saturated rings. The summed E-state index contributed by atoms with van der Waals surface area (Å²) in [6.07, 6.45) is 2.11. The minimum atomic E-state index is -0.0466. The van der Waals surface area contributed by atoms with Gasteiger partial charge in [-0.25, -0.2) is 0 Å². The van der Waals surface area contributed by atoms with Crippen LogP contribution in [0.4, 0.5) is 5.69 Å². The molecule has 1 aliphatic carbocycles. The monoisotopic (exact) mass is 379 g/mol. The van der Waals surface area contributed by atoms with Gasteiger partial charge in [-0.3, -0.25) is 14.5 Å². The summed E-state index contributed by atoms with van der Waals surface area (Å²) < 4.78 is 0. The van der Waals surface area contributed by atoms with Crippen LogP contribution in [0.15, 0.2) is 48.5 Å². The first-order chi connectivity index (χ1) is 13.5. The highest BCUT2D eigenvalue weighted by atomic mass is 16.2. The molecule has 3 rings (SSSR count). The van der Waals surface area contributed by atoms with Crippen LogP contribution in [-0.2, 0) is 11.2 Å². The second-order valence-electron chi connectivity index (χ2n) is 7.27. The van der Waals surface area contributed by atoms with Crippen molar-refractivity contribution in [1.29, 1.82) is 0 Å². The number of carbonyl (C=O) groups is 2. The van der Waals surface area contributed by atoms with E-state index in [0.717, 1.165) is 12.8 Å². The molecule has 28 heavy (non-hydrogen) atoms. The number of hydrogen-bond acceptors (Lipinski definition) is 3. The van der Waals surface area contributed by atoms with Gasteiger partial charge in [0.2, 0.25) is 5.91 Å². The normalized spacial score (nSPS) is 15.4. The SMILES string of the molecule is CCN(CC)C(=O)c1ccc(NC(=O)CN(C)[C@H]2CCc3ccccc32)cc1. The van der Waals surface area contributed by atoms with Crippen LogP contribution in [0.3, 0.4) is 0 Å². The van der Waals surface area contributed by atoms with Crippen LogP contribution in [0, 0.1) is 0 Å². The van der Waals surface area contributed by atoms with Crippen molar-refractivity contribution in [3.05, 3.63) is 65.2 Å². The van der Waals surface area contributed by atoms with Crippen molar-refractivity contribution in [2.45, 2.75) is 32.7 Å². The van der Waals surface area contributed by atoms with Crippen molar-refractivity contribution in [2.24, 2.45) is 0 Å². The van der Waals surface area contributed by atoms with Crippen LogP contribution in [0.5, 0.6) is 0 Å². The van der Waals surface area contributed by atoms with Crippen molar-refractivity contribution in [3.63, 3.8) is 0 Å². The fourth-order valence-electron chi connectivity index (χ4n) is 3.92. The fraction of sp³-hybridized carbons (Fsp3) is 0.391. The zero-order valence-corrected chi connectivity index (χ0v) is 16.9. The molecule has 0 bridgehead atoms. The summed E-state index contributed by atoms with van der Waals surface area (Å²) in [5.74, 6) is -0.0304. The van der Waals surface area contributed by atoms with Gasteiger partial charge in [0.1, 0.15) is 0 Å². The molecule has 0 aliphatic heterocycles. The van der Waals surface area contributed by atoms with E-state index in [1.165, 1.54) is 11.1 Å². The predicted molar refractivity (Wildman–Crippen MR) is 112 cm³/mol. The lowest BCUT2D eigenvalue weighted by molar-refractivity contribution is -0.117. The highest BCUT2D eigenvalue weighted by Gasteiger charge is 2.26. The second kappa shape index (κ2) is 9.02. The van der Waals surface area contributed by atoms with Crippen LogP contribution >= 0.6 is 0 Å². The van der Waals surface area contributed by atoms with E-state index in [1.54, 1.807) is 29.2 Å². The van der Waals surface area contributed by atoms with Crippen molar-refractivity contribution >= 4 is 17.5 Å². The Morgan fingerprint density at radius 2 is 1.71 bits per heavy atom. The van der Waals surface area contributed by atoms with Crippen LogP contribution in [0.2, 0.25) is 0 Å². The lowest BCUT2D eigenvalue weighted by atomic mass is 10.1. The van der Waals surface area contributed by atoms with Gasteiger partial charge in [-0.15, -0.1) is 0 Å². The van der Waals surface area contributed by atoms with E-state index in [0.29, 0.717) is 30.9 Å². The Morgan fingerprint density at radius 1 is 1.04 bits per heavy atom. The molecule has 148 valence electrons. The van der Waals surface area contributed by atoms with Gasteiger partial charge in [0.15, 0.2) is 0 Å². The molecular weight excluding hydrogens is 350 g/mol. The first-order valence-corrected chi connectivity index (χ1v) is 10.0. The van der Waals surface area contributed by atoms with Crippen LogP contribution in [0.1, 0.15) is 47.8 Å². The maximum atomic E-state index is 12.5. The summed E-state index contributed by atoms with van der Waals surface area (Å²) in [7, 11) is 2.00. The van der Waals surface area contributed by atoms with E-state index >= 15 is 0 Å². The summed E-state index contributed by atoms with van der Waals surface area (Å²) in [4.78, 5) is 28.7. The predicted octanol–water partition coefficient (Wildman–Crippen LogP) is 3.73. The number of anilines is 1. The van der Waals surface area contributed by atoms with Crippen LogP contribution in [-0.4, -0.2) is 48.3 Å². The Morgan fingerprint density at radius 3 is 2.39 bits per heavy atom. The van der Waals surface area contributed by atoms with Gasteiger partial charge in [-0.2, -0.15) is 0 Å². The van der Waals surface area contributed by atoms with Gasteiger partial charge in [-0.05, 0) is 69.1 Å². The number of aryl methyl sites for hydroxylation is 1. The van der Waals surface area contributed by atoms with Gasteiger partial charge in [0.25, 0.3) is 5.91 Å². The zero-order chi connectivity index (χ0) is 20.1. The molecular formula is C23H29N3O2. The van der Waals surface area contributed by atoms with Crippen molar-refractivity contribution < 1.29 is 9.59 Å². The lowest BCUT2D eigenvalue weighted by Gasteiger charge is -2.24. The molecule has 0 saturated carbocycles.